The first-order chi connectivity index (χ1) is 14.9. The van der Waals surface area contributed by atoms with Gasteiger partial charge < -0.3 is 25.3 Å². The van der Waals surface area contributed by atoms with Crippen molar-refractivity contribution in [2.45, 2.75) is 45.3 Å². The molecule has 1 atom stereocenters. The number of benzene rings is 1. The minimum absolute atomic E-state index is 0.0353. The van der Waals surface area contributed by atoms with Crippen molar-refractivity contribution in [3.05, 3.63) is 42.9 Å². The van der Waals surface area contributed by atoms with Crippen molar-refractivity contribution < 1.29 is 9.53 Å². The smallest absolute Gasteiger partial charge is 0.239 e. The molecular weight excluding hydrogens is 392 g/mol. The lowest BCUT2D eigenvalue weighted by atomic mass is 10.1. The van der Waals surface area contributed by atoms with Crippen molar-refractivity contribution in [1.29, 1.82) is 0 Å². The van der Waals surface area contributed by atoms with Gasteiger partial charge in [0.05, 0.1) is 17.6 Å². The highest BCUT2D eigenvalue weighted by Gasteiger charge is 2.24. The predicted molar refractivity (Wildman–Crippen MR) is 123 cm³/mol. The Morgan fingerprint density at radius 3 is 2.94 bits per heavy atom. The molecule has 164 valence electrons. The Morgan fingerprint density at radius 2 is 2.10 bits per heavy atom. The molecule has 3 N–H and O–H groups in total. The fourth-order valence-electron chi connectivity index (χ4n) is 3.88. The summed E-state index contributed by atoms with van der Waals surface area (Å²) in [7, 11) is 0. The van der Waals surface area contributed by atoms with Gasteiger partial charge in [-0.3, -0.25) is 4.79 Å². The van der Waals surface area contributed by atoms with Crippen molar-refractivity contribution in [3.8, 4) is 5.75 Å². The van der Waals surface area contributed by atoms with E-state index in [1.807, 2.05) is 57.3 Å². The van der Waals surface area contributed by atoms with Gasteiger partial charge in [-0.2, -0.15) is 0 Å². The maximum atomic E-state index is 12.6. The summed E-state index contributed by atoms with van der Waals surface area (Å²) >= 11 is 0. The predicted octanol–water partition coefficient (Wildman–Crippen LogP) is 3.33. The number of carbonyl (C=O) groups excluding carboxylic acids is 1. The van der Waals surface area contributed by atoms with Gasteiger partial charge >= 0.3 is 0 Å². The van der Waals surface area contributed by atoms with E-state index in [0.717, 1.165) is 54.2 Å². The van der Waals surface area contributed by atoms with Crippen LogP contribution in [0.1, 0.15) is 33.6 Å². The van der Waals surface area contributed by atoms with E-state index in [1.165, 1.54) is 0 Å². The summed E-state index contributed by atoms with van der Waals surface area (Å²) in [5.41, 5.74) is 1.34. The summed E-state index contributed by atoms with van der Waals surface area (Å²) in [6, 6.07) is 9.76. The zero-order chi connectivity index (χ0) is 21.8. The first-order valence-electron chi connectivity index (χ1n) is 10.7. The third-order valence-electron chi connectivity index (χ3n) is 5.16. The fraction of sp³-hybridized carbons (Fsp3) is 0.435. The van der Waals surface area contributed by atoms with Gasteiger partial charge in [0, 0.05) is 25.3 Å². The van der Waals surface area contributed by atoms with Crippen LogP contribution in [0.2, 0.25) is 0 Å². The number of anilines is 2. The number of piperidine rings is 1. The normalized spacial score (nSPS) is 16.9. The molecule has 1 aromatic carbocycles. The average molecular weight is 423 g/mol. The molecular formula is C23H30N6O2. The van der Waals surface area contributed by atoms with Gasteiger partial charge in [0.2, 0.25) is 5.91 Å². The number of ether oxygens (including phenoxy) is 1. The molecule has 3 aromatic rings. The number of aromatic nitrogens is 3. The highest BCUT2D eigenvalue weighted by atomic mass is 16.5. The van der Waals surface area contributed by atoms with Crippen LogP contribution in [0.3, 0.4) is 0 Å². The van der Waals surface area contributed by atoms with Crippen LogP contribution >= 0.6 is 0 Å². The Kier molecular flexibility index (Phi) is 5.97. The third kappa shape index (κ3) is 5.25. The molecule has 1 amide bonds. The van der Waals surface area contributed by atoms with E-state index < -0.39 is 0 Å². The molecule has 1 fully saturated rings. The number of nitrogens with zero attached hydrogens (tertiary/aromatic N) is 3. The second kappa shape index (κ2) is 8.83. The second-order valence-electron chi connectivity index (χ2n) is 8.85. The van der Waals surface area contributed by atoms with Crippen molar-refractivity contribution in [1.82, 2.24) is 20.3 Å². The molecule has 0 saturated carbocycles. The molecule has 8 heteroatoms. The summed E-state index contributed by atoms with van der Waals surface area (Å²) < 4.78 is 5.99. The minimum atomic E-state index is -0.308. The molecule has 8 nitrogen and oxygen atoms in total. The Hall–Kier alpha value is -3.29. The lowest BCUT2D eigenvalue weighted by molar-refractivity contribution is -0.120. The summed E-state index contributed by atoms with van der Waals surface area (Å²) in [5.74, 6) is 1.62. The van der Waals surface area contributed by atoms with Gasteiger partial charge in [-0.1, -0.05) is 12.1 Å². The Bertz CT molecular complexity index is 1040. The second-order valence-corrected chi connectivity index (χ2v) is 8.85. The SMILES string of the molecule is CC(C)(C)Oc1ccccc1NCC(=O)N[C@@H]1CCCN(c2ncnc3[nH]ccc23)C1. The van der Waals surface area contributed by atoms with Gasteiger partial charge in [-0.25, -0.2) is 9.97 Å². The number of H-pyrrole nitrogens is 1. The highest BCUT2D eigenvalue weighted by molar-refractivity contribution is 5.87. The molecule has 0 unspecified atom stereocenters. The highest BCUT2D eigenvalue weighted by Crippen LogP contribution is 2.28. The number of hydrogen-bond acceptors (Lipinski definition) is 6. The van der Waals surface area contributed by atoms with Crippen LogP contribution in [0.25, 0.3) is 11.0 Å². The number of nitrogens with one attached hydrogen (secondary N) is 3. The Morgan fingerprint density at radius 1 is 1.26 bits per heavy atom. The number of fused-ring (bicyclic) bond motifs is 1. The summed E-state index contributed by atoms with van der Waals surface area (Å²) in [6.45, 7) is 7.85. The standard InChI is InChI=1S/C23H30N6O2/c1-23(2,3)31-19-9-5-4-8-18(19)25-13-20(30)28-16-7-6-12-29(14-16)22-17-10-11-24-21(17)26-15-27-22/h4-5,8-11,15-16,25H,6-7,12-14H2,1-3H3,(H,28,30)(H,24,26,27)/t16-/m1/s1. The van der Waals surface area contributed by atoms with E-state index in [0.29, 0.717) is 0 Å². The molecule has 1 aliphatic rings. The molecule has 1 aliphatic heterocycles. The zero-order valence-corrected chi connectivity index (χ0v) is 18.3. The zero-order valence-electron chi connectivity index (χ0n) is 18.3. The first-order valence-corrected chi connectivity index (χ1v) is 10.7. The topological polar surface area (TPSA) is 95.2 Å². The van der Waals surface area contributed by atoms with Crippen molar-refractivity contribution in [2.24, 2.45) is 0 Å². The number of aromatic amines is 1. The maximum Gasteiger partial charge on any atom is 0.239 e. The van der Waals surface area contributed by atoms with Crippen LogP contribution in [0.4, 0.5) is 11.5 Å². The molecule has 31 heavy (non-hydrogen) atoms. The minimum Gasteiger partial charge on any atom is -0.486 e. The molecule has 3 heterocycles. The van der Waals surface area contributed by atoms with E-state index in [1.54, 1.807) is 6.33 Å². The number of amides is 1. The fourth-order valence-corrected chi connectivity index (χ4v) is 3.88. The van der Waals surface area contributed by atoms with Gasteiger partial charge in [0.15, 0.2) is 0 Å². The van der Waals surface area contributed by atoms with Crippen LogP contribution in [0, 0.1) is 0 Å². The van der Waals surface area contributed by atoms with E-state index in [2.05, 4.69) is 30.5 Å². The van der Waals surface area contributed by atoms with Crippen LogP contribution in [-0.2, 0) is 4.79 Å². The molecule has 1 saturated heterocycles. The van der Waals surface area contributed by atoms with Gasteiger partial charge in [-0.15, -0.1) is 0 Å². The van der Waals surface area contributed by atoms with E-state index >= 15 is 0 Å². The van der Waals surface area contributed by atoms with Gasteiger partial charge in [-0.05, 0) is 51.8 Å². The Labute approximate surface area is 182 Å². The summed E-state index contributed by atoms with van der Waals surface area (Å²) in [5, 5.41) is 7.38. The Balaban J connectivity index is 1.35. The van der Waals surface area contributed by atoms with E-state index in [9.17, 15) is 4.79 Å². The number of rotatable bonds is 6. The molecule has 4 rings (SSSR count). The first kappa shape index (κ1) is 21.0. The monoisotopic (exact) mass is 422 g/mol. The molecule has 0 bridgehead atoms. The average Bonchev–Trinajstić information content (AvgIpc) is 3.21. The van der Waals surface area contributed by atoms with Crippen LogP contribution in [0.15, 0.2) is 42.9 Å². The van der Waals surface area contributed by atoms with Gasteiger partial charge in [0.25, 0.3) is 0 Å². The lowest BCUT2D eigenvalue weighted by Gasteiger charge is -2.34. The molecule has 0 spiro atoms. The third-order valence-corrected chi connectivity index (χ3v) is 5.16. The number of carbonyl (C=O) groups is 1. The van der Waals surface area contributed by atoms with Crippen LogP contribution < -0.4 is 20.3 Å². The van der Waals surface area contributed by atoms with E-state index in [-0.39, 0.29) is 24.1 Å². The largest absolute Gasteiger partial charge is 0.486 e. The number of hydrogen-bond donors (Lipinski definition) is 3. The van der Waals surface area contributed by atoms with Gasteiger partial charge in [0.1, 0.15) is 29.1 Å². The van der Waals surface area contributed by atoms with Crippen LogP contribution in [0.5, 0.6) is 5.75 Å². The lowest BCUT2D eigenvalue weighted by Crippen LogP contribution is -2.49. The quantitative estimate of drug-likeness (QED) is 0.564. The van der Waals surface area contributed by atoms with Crippen LogP contribution in [-0.4, -0.2) is 52.1 Å². The molecule has 2 aromatic heterocycles. The molecule has 0 aliphatic carbocycles. The van der Waals surface area contributed by atoms with E-state index in [4.69, 9.17) is 4.74 Å². The van der Waals surface area contributed by atoms with Crippen molar-refractivity contribution in [2.75, 3.05) is 29.9 Å². The number of para-hydroxylation sites is 2. The summed E-state index contributed by atoms with van der Waals surface area (Å²) in [6.07, 6.45) is 5.40. The van der Waals surface area contributed by atoms with Crippen molar-refractivity contribution in [3.63, 3.8) is 0 Å². The molecule has 0 radical (unpaired) electrons. The maximum absolute atomic E-state index is 12.6. The summed E-state index contributed by atoms with van der Waals surface area (Å²) in [4.78, 5) is 26.7. The van der Waals surface area contributed by atoms with Crippen molar-refractivity contribution >= 4 is 28.4 Å².